The lowest BCUT2D eigenvalue weighted by molar-refractivity contribution is 0.745. The maximum absolute atomic E-state index is 3.87. The van der Waals surface area contributed by atoms with Crippen LogP contribution in [0.3, 0.4) is 0 Å². The summed E-state index contributed by atoms with van der Waals surface area (Å²) in [5.74, 6) is 1.71. The Kier molecular flexibility index (Phi) is 2.89. The number of fused-ring (bicyclic) bond motifs is 1. The molecule has 0 spiro atoms. The summed E-state index contributed by atoms with van der Waals surface area (Å²) in [7, 11) is 0. The lowest BCUT2D eigenvalue weighted by Gasteiger charge is -2.07. The standard InChI is InChI=1S/C13H12Br2S/c1-7-5-9(7)12(15)10-6-16-13-8(10)3-2-4-11(13)14/h2-4,6-7,9,12H,5H2,1H3. The van der Waals surface area contributed by atoms with E-state index in [1.54, 1.807) is 0 Å². The van der Waals surface area contributed by atoms with E-state index in [0.29, 0.717) is 4.83 Å². The fraction of sp³-hybridized carbons (Fsp3) is 0.385. The average Bonchev–Trinajstić information content (AvgIpc) is 2.83. The molecule has 3 heteroatoms. The average molecular weight is 360 g/mol. The summed E-state index contributed by atoms with van der Waals surface area (Å²) in [5.41, 5.74) is 1.47. The van der Waals surface area contributed by atoms with E-state index in [1.807, 2.05) is 11.3 Å². The molecular formula is C13H12Br2S. The van der Waals surface area contributed by atoms with E-state index < -0.39 is 0 Å². The second-order valence-corrected chi connectivity index (χ2v) is 7.31. The molecular weight excluding hydrogens is 348 g/mol. The van der Waals surface area contributed by atoms with Gasteiger partial charge in [-0.3, -0.25) is 0 Å². The minimum Gasteiger partial charge on any atom is -0.142 e. The van der Waals surface area contributed by atoms with Crippen molar-refractivity contribution in [3.05, 3.63) is 33.6 Å². The summed E-state index contributed by atoms with van der Waals surface area (Å²) >= 11 is 9.33. The molecule has 1 aliphatic rings. The van der Waals surface area contributed by atoms with Crippen molar-refractivity contribution in [2.24, 2.45) is 11.8 Å². The topological polar surface area (TPSA) is 0 Å². The van der Waals surface area contributed by atoms with Crippen molar-refractivity contribution in [2.45, 2.75) is 18.2 Å². The Labute approximate surface area is 116 Å². The van der Waals surface area contributed by atoms with Crippen LogP contribution in [0.2, 0.25) is 0 Å². The Balaban J connectivity index is 2.07. The quantitative estimate of drug-likeness (QED) is 0.598. The molecule has 1 saturated carbocycles. The van der Waals surface area contributed by atoms with Crippen molar-refractivity contribution < 1.29 is 0 Å². The zero-order valence-electron chi connectivity index (χ0n) is 8.91. The fourth-order valence-corrected chi connectivity index (χ4v) is 5.19. The predicted octanol–water partition coefficient (Wildman–Crippen LogP) is 5.76. The molecule has 84 valence electrons. The van der Waals surface area contributed by atoms with E-state index >= 15 is 0 Å². The van der Waals surface area contributed by atoms with Crippen molar-refractivity contribution in [3.63, 3.8) is 0 Å². The summed E-state index contributed by atoms with van der Waals surface area (Å²) in [4.78, 5) is 0.533. The highest BCUT2D eigenvalue weighted by atomic mass is 79.9. The maximum Gasteiger partial charge on any atom is 0.0488 e. The first kappa shape index (κ1) is 11.2. The van der Waals surface area contributed by atoms with Gasteiger partial charge in [0.05, 0.1) is 0 Å². The Morgan fingerprint density at radius 1 is 1.44 bits per heavy atom. The molecule has 1 heterocycles. The highest BCUT2D eigenvalue weighted by Crippen LogP contribution is 2.53. The number of thiophene rings is 1. The zero-order chi connectivity index (χ0) is 11.3. The molecule has 0 radical (unpaired) electrons. The van der Waals surface area contributed by atoms with E-state index in [9.17, 15) is 0 Å². The van der Waals surface area contributed by atoms with Gasteiger partial charge in [-0.2, -0.15) is 0 Å². The molecule has 2 aromatic rings. The summed E-state index contributed by atoms with van der Waals surface area (Å²) in [6.45, 7) is 2.34. The van der Waals surface area contributed by atoms with E-state index in [1.165, 1.54) is 26.5 Å². The van der Waals surface area contributed by atoms with Gasteiger partial charge < -0.3 is 0 Å². The number of halogens is 2. The Morgan fingerprint density at radius 2 is 2.19 bits per heavy atom. The molecule has 1 fully saturated rings. The third-order valence-electron chi connectivity index (χ3n) is 3.43. The minimum absolute atomic E-state index is 0.533. The number of hydrogen-bond donors (Lipinski definition) is 0. The molecule has 0 nitrogen and oxygen atoms in total. The van der Waals surface area contributed by atoms with Crippen LogP contribution in [0.1, 0.15) is 23.7 Å². The summed E-state index contributed by atoms with van der Waals surface area (Å²) in [6, 6.07) is 6.47. The van der Waals surface area contributed by atoms with Crippen LogP contribution in [0, 0.1) is 11.8 Å². The van der Waals surface area contributed by atoms with Crippen LogP contribution in [0.4, 0.5) is 0 Å². The van der Waals surface area contributed by atoms with Gasteiger partial charge in [-0.15, -0.1) is 11.3 Å². The summed E-state index contributed by atoms with van der Waals surface area (Å²) in [6.07, 6.45) is 1.36. The molecule has 3 atom stereocenters. The molecule has 1 aromatic heterocycles. The van der Waals surface area contributed by atoms with Crippen LogP contribution in [-0.2, 0) is 0 Å². The van der Waals surface area contributed by atoms with Gasteiger partial charge in [-0.25, -0.2) is 0 Å². The van der Waals surface area contributed by atoms with Gasteiger partial charge in [0, 0.05) is 14.0 Å². The molecule has 0 N–H and O–H groups in total. The van der Waals surface area contributed by atoms with Crippen LogP contribution >= 0.6 is 43.2 Å². The largest absolute Gasteiger partial charge is 0.142 e. The van der Waals surface area contributed by atoms with Crippen LogP contribution in [0.5, 0.6) is 0 Å². The van der Waals surface area contributed by atoms with Crippen LogP contribution in [-0.4, -0.2) is 0 Å². The summed E-state index contributed by atoms with van der Waals surface area (Å²) in [5, 5.41) is 3.71. The molecule has 1 aliphatic carbocycles. The molecule has 3 unspecified atom stereocenters. The van der Waals surface area contributed by atoms with E-state index in [2.05, 4.69) is 62.4 Å². The summed E-state index contributed by atoms with van der Waals surface area (Å²) < 4.78 is 2.58. The Morgan fingerprint density at radius 3 is 2.88 bits per heavy atom. The number of hydrogen-bond acceptors (Lipinski definition) is 1. The van der Waals surface area contributed by atoms with Crippen molar-refractivity contribution in [1.29, 1.82) is 0 Å². The van der Waals surface area contributed by atoms with E-state index in [-0.39, 0.29) is 0 Å². The van der Waals surface area contributed by atoms with Gasteiger partial charge in [0.1, 0.15) is 0 Å². The smallest absolute Gasteiger partial charge is 0.0488 e. The molecule has 0 saturated heterocycles. The molecule has 16 heavy (non-hydrogen) atoms. The third-order valence-corrected chi connectivity index (χ3v) is 6.57. The zero-order valence-corrected chi connectivity index (χ0v) is 12.9. The number of alkyl halides is 1. The van der Waals surface area contributed by atoms with Crippen molar-refractivity contribution in [3.8, 4) is 0 Å². The molecule has 0 bridgehead atoms. The highest BCUT2D eigenvalue weighted by Gasteiger charge is 2.39. The first-order chi connectivity index (χ1) is 7.68. The fourth-order valence-electron chi connectivity index (χ4n) is 2.24. The van der Waals surface area contributed by atoms with E-state index in [0.717, 1.165) is 11.8 Å². The number of benzene rings is 1. The van der Waals surface area contributed by atoms with Gasteiger partial charge in [0.2, 0.25) is 0 Å². The minimum atomic E-state index is 0.533. The van der Waals surface area contributed by atoms with Crippen LogP contribution < -0.4 is 0 Å². The molecule has 1 aromatic carbocycles. The molecule has 3 rings (SSSR count). The van der Waals surface area contributed by atoms with Crippen LogP contribution in [0.25, 0.3) is 10.1 Å². The lowest BCUT2D eigenvalue weighted by atomic mass is 10.1. The van der Waals surface area contributed by atoms with Gasteiger partial charge in [-0.1, -0.05) is 35.0 Å². The molecule has 0 aliphatic heterocycles. The monoisotopic (exact) mass is 358 g/mol. The van der Waals surface area contributed by atoms with E-state index in [4.69, 9.17) is 0 Å². The van der Waals surface area contributed by atoms with Crippen molar-refractivity contribution in [1.82, 2.24) is 0 Å². The third kappa shape index (κ3) is 1.77. The predicted molar refractivity (Wildman–Crippen MR) is 78.5 cm³/mol. The first-order valence-corrected chi connectivity index (χ1v) is 8.07. The Hall–Kier alpha value is 0.140. The van der Waals surface area contributed by atoms with Gasteiger partial charge in [0.25, 0.3) is 0 Å². The van der Waals surface area contributed by atoms with Crippen molar-refractivity contribution in [2.75, 3.05) is 0 Å². The van der Waals surface area contributed by atoms with Crippen molar-refractivity contribution >= 4 is 53.3 Å². The Bertz CT molecular complexity index is 532. The normalized spacial score (nSPS) is 25.9. The van der Waals surface area contributed by atoms with Gasteiger partial charge >= 0.3 is 0 Å². The molecule has 0 amide bonds. The van der Waals surface area contributed by atoms with Crippen LogP contribution in [0.15, 0.2) is 28.1 Å². The van der Waals surface area contributed by atoms with Gasteiger partial charge in [0.15, 0.2) is 0 Å². The lowest BCUT2D eigenvalue weighted by Crippen LogP contribution is -1.91. The second-order valence-electron chi connectivity index (χ2n) is 4.59. The maximum atomic E-state index is 3.87. The SMILES string of the molecule is CC1CC1C(Br)c1csc2c(Br)cccc12. The second kappa shape index (κ2) is 4.11. The number of rotatable bonds is 2. The van der Waals surface area contributed by atoms with Gasteiger partial charge in [-0.05, 0) is 56.6 Å². The first-order valence-electron chi connectivity index (χ1n) is 5.48. The highest BCUT2D eigenvalue weighted by molar-refractivity contribution is 9.10.